The zero-order chi connectivity index (χ0) is 19.4. The predicted molar refractivity (Wildman–Crippen MR) is 100 cm³/mol. The van der Waals surface area contributed by atoms with Crippen LogP contribution in [0.2, 0.25) is 0 Å². The fraction of sp³-hybridized carbons (Fsp3) is 0.400. The van der Waals surface area contributed by atoms with Crippen LogP contribution in [0.1, 0.15) is 41.8 Å². The van der Waals surface area contributed by atoms with E-state index in [1.165, 1.54) is 24.5 Å². The standard InChI is InChI=1S/C20H22FNO4S/c1-3-6-17(23)26-18-11-13-12-22(10-9-16(13)27-18)19(20(24)25-2)14-7-4-5-8-15(14)21/h4-5,7-8,11,19H,3,6,9-10,12H2,1-2H3/t19-/m0/s1. The van der Waals surface area contributed by atoms with Crippen molar-refractivity contribution in [2.75, 3.05) is 13.7 Å². The molecule has 0 spiro atoms. The Morgan fingerprint density at radius 1 is 1.33 bits per heavy atom. The summed E-state index contributed by atoms with van der Waals surface area (Å²) in [5.74, 6) is -1.17. The van der Waals surface area contributed by atoms with Crippen molar-refractivity contribution < 1.29 is 23.5 Å². The molecule has 0 N–H and O–H groups in total. The smallest absolute Gasteiger partial charge is 0.327 e. The van der Waals surface area contributed by atoms with Crippen LogP contribution in [0.5, 0.6) is 5.06 Å². The largest absolute Gasteiger partial charge is 0.468 e. The molecule has 1 atom stereocenters. The van der Waals surface area contributed by atoms with Gasteiger partial charge in [-0.2, -0.15) is 0 Å². The quantitative estimate of drug-likeness (QED) is 0.700. The van der Waals surface area contributed by atoms with Crippen LogP contribution in [0.4, 0.5) is 4.39 Å². The lowest BCUT2D eigenvalue weighted by molar-refractivity contribution is -0.148. The normalized spacial score (nSPS) is 15.1. The minimum absolute atomic E-state index is 0.244. The van der Waals surface area contributed by atoms with Gasteiger partial charge in [0.1, 0.15) is 11.9 Å². The maximum Gasteiger partial charge on any atom is 0.327 e. The van der Waals surface area contributed by atoms with Gasteiger partial charge < -0.3 is 9.47 Å². The molecule has 0 saturated carbocycles. The third-order valence-electron chi connectivity index (χ3n) is 4.53. The zero-order valence-corrected chi connectivity index (χ0v) is 16.2. The molecule has 27 heavy (non-hydrogen) atoms. The van der Waals surface area contributed by atoms with E-state index >= 15 is 0 Å². The molecule has 3 rings (SSSR count). The van der Waals surface area contributed by atoms with Crippen LogP contribution >= 0.6 is 11.3 Å². The Bertz CT molecular complexity index is 835. The summed E-state index contributed by atoms with van der Waals surface area (Å²) in [4.78, 5) is 27.1. The Morgan fingerprint density at radius 2 is 2.11 bits per heavy atom. The molecule has 0 fully saturated rings. The molecule has 2 aromatic rings. The van der Waals surface area contributed by atoms with Gasteiger partial charge >= 0.3 is 11.9 Å². The van der Waals surface area contributed by atoms with E-state index in [9.17, 15) is 14.0 Å². The second kappa shape index (κ2) is 8.63. The number of halogens is 1. The zero-order valence-electron chi connectivity index (χ0n) is 15.4. The van der Waals surface area contributed by atoms with Crippen molar-refractivity contribution in [3.63, 3.8) is 0 Å². The Morgan fingerprint density at radius 3 is 2.81 bits per heavy atom. The molecule has 1 aromatic carbocycles. The van der Waals surface area contributed by atoms with E-state index in [0.29, 0.717) is 36.6 Å². The number of hydrogen-bond acceptors (Lipinski definition) is 6. The highest BCUT2D eigenvalue weighted by Crippen LogP contribution is 2.37. The summed E-state index contributed by atoms with van der Waals surface area (Å²) < 4.78 is 24.6. The molecule has 0 saturated heterocycles. The van der Waals surface area contributed by atoms with E-state index in [1.807, 2.05) is 17.9 Å². The molecular formula is C20H22FNO4S. The lowest BCUT2D eigenvalue weighted by Gasteiger charge is -2.33. The number of ether oxygens (including phenoxy) is 2. The van der Waals surface area contributed by atoms with E-state index in [2.05, 4.69) is 0 Å². The number of benzene rings is 1. The predicted octanol–water partition coefficient (Wildman–Crippen LogP) is 3.87. The molecule has 144 valence electrons. The SMILES string of the molecule is CCCC(=O)Oc1cc2c(s1)CCN([C@H](C(=O)OC)c1ccccc1F)C2. The number of rotatable bonds is 6. The van der Waals surface area contributed by atoms with Gasteiger partial charge in [-0.3, -0.25) is 9.69 Å². The van der Waals surface area contributed by atoms with Crippen LogP contribution in [0.25, 0.3) is 0 Å². The lowest BCUT2D eigenvalue weighted by atomic mass is 10.0. The van der Waals surface area contributed by atoms with Crippen molar-refractivity contribution in [2.24, 2.45) is 0 Å². The van der Waals surface area contributed by atoms with Gasteiger partial charge in [-0.05, 0) is 30.5 Å². The van der Waals surface area contributed by atoms with E-state index in [-0.39, 0.29) is 5.97 Å². The Balaban J connectivity index is 1.82. The second-order valence-corrected chi connectivity index (χ2v) is 7.50. The molecule has 0 radical (unpaired) electrons. The third kappa shape index (κ3) is 4.36. The third-order valence-corrected chi connectivity index (χ3v) is 5.65. The number of carbonyl (C=O) groups excluding carboxylic acids is 2. The molecule has 1 aromatic heterocycles. The minimum Gasteiger partial charge on any atom is -0.468 e. The first kappa shape index (κ1) is 19.5. The van der Waals surface area contributed by atoms with Gasteiger partial charge in [0.2, 0.25) is 0 Å². The number of methoxy groups -OCH3 is 1. The first-order chi connectivity index (χ1) is 13.0. The van der Waals surface area contributed by atoms with Crippen LogP contribution < -0.4 is 4.74 Å². The number of esters is 2. The molecule has 1 aliphatic rings. The van der Waals surface area contributed by atoms with Crippen LogP contribution in [-0.4, -0.2) is 30.5 Å². The molecule has 0 amide bonds. The number of hydrogen-bond donors (Lipinski definition) is 0. The highest BCUT2D eigenvalue weighted by Gasteiger charge is 2.33. The highest BCUT2D eigenvalue weighted by molar-refractivity contribution is 7.14. The van der Waals surface area contributed by atoms with Crippen molar-refractivity contribution in [1.82, 2.24) is 4.90 Å². The van der Waals surface area contributed by atoms with Crippen molar-refractivity contribution in [1.29, 1.82) is 0 Å². The first-order valence-corrected chi connectivity index (χ1v) is 9.73. The van der Waals surface area contributed by atoms with Crippen LogP contribution in [0, 0.1) is 5.82 Å². The van der Waals surface area contributed by atoms with Crippen molar-refractivity contribution in [3.05, 3.63) is 52.2 Å². The molecule has 0 unspecified atom stereocenters. The minimum atomic E-state index is -0.810. The van der Waals surface area contributed by atoms with Crippen LogP contribution in [0.3, 0.4) is 0 Å². The van der Waals surface area contributed by atoms with Gasteiger partial charge in [-0.15, -0.1) is 11.3 Å². The molecule has 5 nitrogen and oxygen atoms in total. The number of nitrogens with zero attached hydrogens (tertiary/aromatic N) is 1. The van der Waals surface area contributed by atoms with Gasteiger partial charge in [0.05, 0.1) is 7.11 Å². The van der Waals surface area contributed by atoms with E-state index in [0.717, 1.165) is 16.9 Å². The van der Waals surface area contributed by atoms with Gasteiger partial charge in [0.15, 0.2) is 5.06 Å². The lowest BCUT2D eigenvalue weighted by Crippen LogP contribution is -2.38. The summed E-state index contributed by atoms with van der Waals surface area (Å²) in [5, 5.41) is 0.570. The summed E-state index contributed by atoms with van der Waals surface area (Å²) in [5.41, 5.74) is 1.30. The number of carbonyl (C=O) groups is 2. The maximum absolute atomic E-state index is 14.3. The van der Waals surface area contributed by atoms with Gasteiger partial charge in [-0.25, -0.2) is 9.18 Å². The number of thiophene rings is 1. The Hall–Kier alpha value is -2.25. The van der Waals surface area contributed by atoms with Crippen molar-refractivity contribution in [2.45, 2.75) is 38.8 Å². The highest BCUT2D eigenvalue weighted by atomic mass is 32.1. The second-order valence-electron chi connectivity index (χ2n) is 6.41. The van der Waals surface area contributed by atoms with Gasteiger partial charge in [0, 0.05) is 30.0 Å². The Labute approximate surface area is 161 Å². The molecular weight excluding hydrogens is 369 g/mol. The van der Waals surface area contributed by atoms with Gasteiger partial charge in [-0.1, -0.05) is 25.1 Å². The monoisotopic (exact) mass is 391 g/mol. The summed E-state index contributed by atoms with van der Waals surface area (Å²) in [7, 11) is 1.31. The van der Waals surface area contributed by atoms with Crippen molar-refractivity contribution >= 4 is 23.3 Å². The topological polar surface area (TPSA) is 55.8 Å². The molecule has 2 heterocycles. The summed E-state index contributed by atoms with van der Waals surface area (Å²) in [6.45, 7) is 2.98. The van der Waals surface area contributed by atoms with Crippen LogP contribution in [0.15, 0.2) is 30.3 Å². The molecule has 1 aliphatic heterocycles. The van der Waals surface area contributed by atoms with Crippen LogP contribution in [-0.2, 0) is 27.3 Å². The van der Waals surface area contributed by atoms with Gasteiger partial charge in [0.25, 0.3) is 0 Å². The first-order valence-electron chi connectivity index (χ1n) is 8.92. The molecule has 0 aliphatic carbocycles. The maximum atomic E-state index is 14.3. The van der Waals surface area contributed by atoms with Crippen molar-refractivity contribution in [3.8, 4) is 5.06 Å². The Kier molecular flexibility index (Phi) is 6.23. The fourth-order valence-corrected chi connectivity index (χ4v) is 4.27. The summed E-state index contributed by atoms with van der Waals surface area (Å²) in [6, 6.07) is 7.29. The fourth-order valence-electron chi connectivity index (χ4n) is 3.25. The molecule has 0 bridgehead atoms. The number of fused-ring (bicyclic) bond motifs is 1. The summed E-state index contributed by atoms with van der Waals surface area (Å²) >= 11 is 1.46. The van der Waals surface area contributed by atoms with E-state index in [1.54, 1.807) is 18.2 Å². The average molecular weight is 391 g/mol. The molecule has 7 heteroatoms. The average Bonchev–Trinajstić information content (AvgIpc) is 3.04. The summed E-state index contributed by atoms with van der Waals surface area (Å²) in [6.07, 6.45) is 1.82. The van der Waals surface area contributed by atoms with E-state index in [4.69, 9.17) is 9.47 Å². The van der Waals surface area contributed by atoms with E-state index < -0.39 is 17.8 Å².